The number of hydrogen-bond acceptors (Lipinski definition) is 4. The molecular weight excluding hydrogens is 289 g/mol. The van der Waals surface area contributed by atoms with Crippen molar-refractivity contribution in [3.8, 4) is 5.88 Å². The molecule has 0 fully saturated rings. The second-order valence-corrected chi connectivity index (χ2v) is 4.32. The summed E-state index contributed by atoms with van der Waals surface area (Å²) >= 11 is 0. The van der Waals surface area contributed by atoms with Crippen molar-refractivity contribution in [2.45, 2.75) is 19.1 Å². The van der Waals surface area contributed by atoms with Gasteiger partial charge in [-0.25, -0.2) is 9.78 Å². The molecule has 0 aliphatic heterocycles. The number of halogens is 3. The van der Waals surface area contributed by atoms with Crippen LogP contribution in [0.3, 0.4) is 0 Å². The minimum atomic E-state index is -4.52. The van der Waals surface area contributed by atoms with Gasteiger partial charge in [-0.2, -0.15) is 13.2 Å². The lowest BCUT2D eigenvalue weighted by molar-refractivity contribution is -0.141. The van der Waals surface area contributed by atoms with Crippen LogP contribution in [-0.4, -0.2) is 36.8 Å². The molecule has 4 N–H and O–H groups in total. The quantitative estimate of drug-likeness (QED) is 0.687. The molecule has 0 aromatic carbocycles. The van der Waals surface area contributed by atoms with Crippen LogP contribution in [0.4, 0.5) is 18.0 Å². The van der Waals surface area contributed by atoms with Crippen molar-refractivity contribution in [1.29, 1.82) is 0 Å². The molecule has 0 bridgehead atoms. The average molecular weight is 306 g/mol. The van der Waals surface area contributed by atoms with Crippen LogP contribution in [0.15, 0.2) is 18.2 Å². The Labute approximate surface area is 119 Å². The minimum absolute atomic E-state index is 0.0000902. The number of nitrogens with one attached hydrogen (secondary N) is 2. The fraction of sp³-hybridized carbons (Fsp3) is 0.500. The minimum Gasteiger partial charge on any atom is -0.476 e. The molecule has 9 heteroatoms. The van der Waals surface area contributed by atoms with Gasteiger partial charge in [-0.15, -0.1) is 0 Å². The normalized spacial score (nSPS) is 12.6. The van der Waals surface area contributed by atoms with Crippen molar-refractivity contribution >= 4 is 6.03 Å². The average Bonchev–Trinajstić information content (AvgIpc) is 2.41. The number of pyridine rings is 1. The standard InChI is InChI=1S/C12H17F3N4O2/c1-8(16)7-18-11(20)17-5-6-21-10-4-2-3-9(19-10)12(13,14)15/h2-4,8H,5-7,16H2,1H3,(H2,17,18,20). The summed E-state index contributed by atoms with van der Waals surface area (Å²) in [6, 6.07) is 2.78. The lowest BCUT2D eigenvalue weighted by Crippen LogP contribution is -2.42. The number of rotatable bonds is 6. The zero-order valence-corrected chi connectivity index (χ0v) is 11.4. The third-order valence-corrected chi connectivity index (χ3v) is 2.24. The van der Waals surface area contributed by atoms with Crippen LogP contribution in [0.25, 0.3) is 0 Å². The van der Waals surface area contributed by atoms with Crippen molar-refractivity contribution < 1.29 is 22.7 Å². The molecule has 0 saturated carbocycles. The predicted molar refractivity (Wildman–Crippen MR) is 69.8 cm³/mol. The SMILES string of the molecule is CC(N)CNC(=O)NCCOc1cccc(C(F)(F)F)n1. The van der Waals surface area contributed by atoms with Crippen molar-refractivity contribution in [1.82, 2.24) is 15.6 Å². The number of urea groups is 1. The van der Waals surface area contributed by atoms with Gasteiger partial charge in [-0.1, -0.05) is 6.07 Å². The first-order valence-electron chi connectivity index (χ1n) is 6.23. The van der Waals surface area contributed by atoms with E-state index < -0.39 is 17.9 Å². The first-order chi connectivity index (χ1) is 9.79. The molecule has 118 valence electrons. The Morgan fingerprint density at radius 2 is 2.14 bits per heavy atom. The fourth-order valence-corrected chi connectivity index (χ4v) is 1.29. The number of carbonyl (C=O) groups is 1. The Morgan fingerprint density at radius 1 is 1.43 bits per heavy atom. The highest BCUT2D eigenvalue weighted by Crippen LogP contribution is 2.28. The van der Waals surface area contributed by atoms with Gasteiger partial charge in [0.05, 0.1) is 6.54 Å². The lowest BCUT2D eigenvalue weighted by atomic mass is 10.3. The first kappa shape index (κ1) is 17.0. The van der Waals surface area contributed by atoms with Crippen molar-refractivity contribution in [2.75, 3.05) is 19.7 Å². The van der Waals surface area contributed by atoms with Gasteiger partial charge in [-0.3, -0.25) is 0 Å². The summed E-state index contributed by atoms with van der Waals surface area (Å²) in [6.45, 7) is 2.19. The van der Waals surface area contributed by atoms with Crippen molar-refractivity contribution in [2.24, 2.45) is 5.73 Å². The fourth-order valence-electron chi connectivity index (χ4n) is 1.29. The van der Waals surface area contributed by atoms with E-state index in [0.717, 1.165) is 6.07 Å². The number of carbonyl (C=O) groups excluding carboxylic acids is 1. The monoisotopic (exact) mass is 306 g/mol. The molecule has 1 aromatic heterocycles. The van der Waals surface area contributed by atoms with Crippen LogP contribution in [0.5, 0.6) is 5.88 Å². The van der Waals surface area contributed by atoms with Gasteiger partial charge in [0.1, 0.15) is 12.3 Å². The molecule has 0 radical (unpaired) electrons. The van der Waals surface area contributed by atoms with Gasteiger partial charge in [0.2, 0.25) is 5.88 Å². The second kappa shape index (κ2) is 7.67. The molecule has 1 unspecified atom stereocenters. The van der Waals surface area contributed by atoms with E-state index in [0.29, 0.717) is 6.54 Å². The van der Waals surface area contributed by atoms with Gasteiger partial charge in [0.25, 0.3) is 0 Å². The molecule has 1 rings (SSSR count). The number of amides is 2. The topological polar surface area (TPSA) is 89.3 Å². The van der Waals surface area contributed by atoms with Gasteiger partial charge in [0, 0.05) is 18.7 Å². The number of aromatic nitrogens is 1. The van der Waals surface area contributed by atoms with E-state index >= 15 is 0 Å². The molecule has 1 atom stereocenters. The van der Waals surface area contributed by atoms with Crippen LogP contribution in [0.1, 0.15) is 12.6 Å². The highest BCUT2D eigenvalue weighted by Gasteiger charge is 2.32. The Bertz CT molecular complexity index is 466. The van der Waals surface area contributed by atoms with Gasteiger partial charge in [-0.05, 0) is 13.0 Å². The van der Waals surface area contributed by atoms with Crippen molar-refractivity contribution in [3.63, 3.8) is 0 Å². The third-order valence-electron chi connectivity index (χ3n) is 2.24. The molecule has 1 aromatic rings. The van der Waals surface area contributed by atoms with Crippen LogP contribution in [0.2, 0.25) is 0 Å². The van der Waals surface area contributed by atoms with E-state index in [1.807, 2.05) is 0 Å². The summed E-state index contributed by atoms with van der Waals surface area (Å²) < 4.78 is 42.3. The smallest absolute Gasteiger partial charge is 0.433 e. The molecule has 1 heterocycles. The summed E-state index contributed by atoms with van der Waals surface area (Å²) in [5, 5.41) is 4.99. The molecule has 6 nitrogen and oxygen atoms in total. The number of nitrogens with two attached hydrogens (primary N) is 1. The van der Waals surface area contributed by atoms with Crippen LogP contribution >= 0.6 is 0 Å². The largest absolute Gasteiger partial charge is 0.476 e. The molecule has 0 spiro atoms. The van der Waals surface area contributed by atoms with E-state index in [4.69, 9.17) is 10.5 Å². The van der Waals surface area contributed by atoms with E-state index in [2.05, 4.69) is 15.6 Å². The Hall–Kier alpha value is -2.03. The van der Waals surface area contributed by atoms with Crippen LogP contribution in [0, 0.1) is 0 Å². The molecule has 0 aliphatic rings. The van der Waals surface area contributed by atoms with E-state index in [1.54, 1.807) is 6.92 Å². The summed E-state index contributed by atoms with van der Waals surface area (Å²) in [4.78, 5) is 14.6. The maximum Gasteiger partial charge on any atom is 0.433 e. The number of hydrogen-bond donors (Lipinski definition) is 3. The summed E-state index contributed by atoms with van der Waals surface area (Å²) in [6.07, 6.45) is -4.52. The van der Waals surface area contributed by atoms with Gasteiger partial charge in [0.15, 0.2) is 0 Å². The maximum atomic E-state index is 12.4. The number of alkyl halides is 3. The zero-order chi connectivity index (χ0) is 15.9. The molecule has 0 aliphatic carbocycles. The highest BCUT2D eigenvalue weighted by molar-refractivity contribution is 5.73. The Kier molecular flexibility index (Phi) is 6.22. The molecular formula is C12H17F3N4O2. The van der Waals surface area contributed by atoms with Crippen LogP contribution in [-0.2, 0) is 6.18 Å². The highest BCUT2D eigenvalue weighted by atomic mass is 19.4. The summed E-state index contributed by atoms with van der Waals surface area (Å²) in [5.41, 5.74) is 4.43. The number of ether oxygens (including phenoxy) is 1. The van der Waals surface area contributed by atoms with Gasteiger partial charge >= 0.3 is 12.2 Å². The lowest BCUT2D eigenvalue weighted by Gasteiger charge is -2.11. The van der Waals surface area contributed by atoms with Crippen LogP contribution < -0.4 is 21.1 Å². The van der Waals surface area contributed by atoms with Crippen molar-refractivity contribution in [3.05, 3.63) is 23.9 Å². The van der Waals surface area contributed by atoms with E-state index in [1.165, 1.54) is 12.1 Å². The van der Waals surface area contributed by atoms with E-state index in [9.17, 15) is 18.0 Å². The molecule has 0 saturated heterocycles. The summed E-state index contributed by atoms with van der Waals surface area (Å²) in [5.74, 6) is -0.150. The zero-order valence-electron chi connectivity index (χ0n) is 11.4. The predicted octanol–water partition coefficient (Wildman–Crippen LogP) is 1.13. The third kappa shape index (κ3) is 6.80. The second-order valence-electron chi connectivity index (χ2n) is 4.32. The number of nitrogens with zero attached hydrogens (tertiary/aromatic N) is 1. The van der Waals surface area contributed by atoms with E-state index in [-0.39, 0.29) is 25.1 Å². The maximum absolute atomic E-state index is 12.4. The molecule has 21 heavy (non-hydrogen) atoms. The Balaban J connectivity index is 2.32. The summed E-state index contributed by atoms with van der Waals surface area (Å²) in [7, 11) is 0. The first-order valence-corrected chi connectivity index (χ1v) is 6.23. The molecule has 2 amide bonds. The van der Waals surface area contributed by atoms with Gasteiger partial charge < -0.3 is 21.1 Å². The Morgan fingerprint density at radius 3 is 2.76 bits per heavy atom.